The highest BCUT2D eigenvalue weighted by Gasteiger charge is 2.09. The summed E-state index contributed by atoms with van der Waals surface area (Å²) in [5.74, 6) is -0.600. The third-order valence-corrected chi connectivity index (χ3v) is 2.36. The number of rotatable bonds is 3. The number of aromatic nitrogens is 1. The lowest BCUT2D eigenvalue weighted by Crippen LogP contribution is -2.22. The highest BCUT2D eigenvalue weighted by molar-refractivity contribution is 6.05. The number of nitrogens with one attached hydrogen (secondary N) is 2. The summed E-state index contributed by atoms with van der Waals surface area (Å²) in [6.07, 6.45) is 3.12. The molecule has 0 atom stereocenters. The maximum atomic E-state index is 11.8. The van der Waals surface area contributed by atoms with Gasteiger partial charge in [0.2, 0.25) is 0 Å². The van der Waals surface area contributed by atoms with Gasteiger partial charge in [-0.15, -0.1) is 0 Å². The number of hydrogen-bond donors (Lipinski definition) is 3. The maximum absolute atomic E-state index is 11.8. The number of nitrogens with two attached hydrogens (primary N) is 1. The van der Waals surface area contributed by atoms with E-state index in [-0.39, 0.29) is 5.56 Å². The molecule has 1 heterocycles. The molecule has 3 amide bonds. The third-order valence-electron chi connectivity index (χ3n) is 2.36. The third kappa shape index (κ3) is 3.29. The molecule has 0 radical (unpaired) electrons. The molecule has 1 aromatic carbocycles. The molecule has 4 N–H and O–H groups in total. The summed E-state index contributed by atoms with van der Waals surface area (Å²) in [6.45, 7) is 0. The van der Waals surface area contributed by atoms with Gasteiger partial charge in [0.05, 0.1) is 23.1 Å². The van der Waals surface area contributed by atoms with E-state index in [9.17, 15) is 9.59 Å². The smallest absolute Gasteiger partial charge is 0.323 e. The normalized spacial score (nSPS) is 9.68. The van der Waals surface area contributed by atoms with Crippen molar-refractivity contribution >= 4 is 23.3 Å². The molecule has 1 aromatic heterocycles. The van der Waals surface area contributed by atoms with Crippen molar-refractivity contribution in [1.29, 1.82) is 0 Å². The summed E-state index contributed by atoms with van der Waals surface area (Å²) in [6, 6.07) is 9.45. The van der Waals surface area contributed by atoms with E-state index in [1.54, 1.807) is 42.6 Å². The Balaban J connectivity index is 2.09. The van der Waals surface area contributed by atoms with Crippen LogP contribution in [0.3, 0.4) is 0 Å². The second kappa shape index (κ2) is 5.63. The standard InChI is InChI=1S/C13H12N4O2/c14-12(18)10-5-1-2-6-11(10)17-13(19)16-9-4-3-7-15-8-9/h1-8H,(H2,14,18)(H2,16,17,19). The summed E-state index contributed by atoms with van der Waals surface area (Å²) in [5, 5.41) is 5.15. The molecule has 0 fully saturated rings. The van der Waals surface area contributed by atoms with E-state index in [2.05, 4.69) is 15.6 Å². The molecule has 0 aliphatic rings. The largest absolute Gasteiger partial charge is 0.366 e. The maximum Gasteiger partial charge on any atom is 0.323 e. The number of para-hydroxylation sites is 1. The molecule has 0 aliphatic heterocycles. The van der Waals surface area contributed by atoms with E-state index in [0.29, 0.717) is 11.4 Å². The Morgan fingerprint density at radius 1 is 1.05 bits per heavy atom. The Bertz CT molecular complexity index is 599. The predicted molar refractivity (Wildman–Crippen MR) is 71.8 cm³/mol. The zero-order chi connectivity index (χ0) is 13.7. The van der Waals surface area contributed by atoms with Crippen LogP contribution in [0, 0.1) is 0 Å². The van der Waals surface area contributed by atoms with Crippen LogP contribution < -0.4 is 16.4 Å². The molecule has 6 nitrogen and oxygen atoms in total. The summed E-state index contributed by atoms with van der Waals surface area (Å²) < 4.78 is 0. The Hall–Kier alpha value is -2.89. The fraction of sp³-hybridized carbons (Fsp3) is 0. The van der Waals surface area contributed by atoms with E-state index in [1.807, 2.05) is 0 Å². The van der Waals surface area contributed by atoms with Gasteiger partial charge in [-0.1, -0.05) is 12.1 Å². The molecule has 96 valence electrons. The van der Waals surface area contributed by atoms with Gasteiger partial charge in [0.15, 0.2) is 0 Å². The average Bonchev–Trinajstić information content (AvgIpc) is 2.40. The van der Waals surface area contributed by atoms with Crippen molar-refractivity contribution in [2.45, 2.75) is 0 Å². The summed E-state index contributed by atoms with van der Waals surface area (Å²) in [7, 11) is 0. The van der Waals surface area contributed by atoms with Crippen LogP contribution in [0.2, 0.25) is 0 Å². The van der Waals surface area contributed by atoms with Crippen LogP contribution in [0.15, 0.2) is 48.8 Å². The molecule has 0 unspecified atom stereocenters. The molecule has 6 heteroatoms. The van der Waals surface area contributed by atoms with Crippen LogP contribution in [0.1, 0.15) is 10.4 Å². The zero-order valence-corrected chi connectivity index (χ0v) is 9.96. The predicted octanol–water partition coefficient (Wildman–Crippen LogP) is 1.82. The van der Waals surface area contributed by atoms with Crippen molar-refractivity contribution in [3.8, 4) is 0 Å². The molecule has 0 aliphatic carbocycles. The van der Waals surface area contributed by atoms with Gasteiger partial charge < -0.3 is 16.4 Å². The molecular weight excluding hydrogens is 244 g/mol. The zero-order valence-electron chi connectivity index (χ0n) is 9.96. The van der Waals surface area contributed by atoms with Crippen molar-refractivity contribution in [1.82, 2.24) is 4.98 Å². The number of amides is 3. The molecule has 0 spiro atoms. The topological polar surface area (TPSA) is 97.1 Å². The number of pyridine rings is 1. The first kappa shape index (κ1) is 12.6. The van der Waals surface area contributed by atoms with Crippen molar-refractivity contribution in [3.63, 3.8) is 0 Å². The van der Waals surface area contributed by atoms with Crippen molar-refractivity contribution in [2.75, 3.05) is 10.6 Å². The molecule has 2 rings (SSSR count). The first-order valence-corrected chi connectivity index (χ1v) is 5.53. The van der Waals surface area contributed by atoms with Gasteiger partial charge in [0, 0.05) is 6.20 Å². The van der Waals surface area contributed by atoms with E-state index >= 15 is 0 Å². The fourth-order valence-electron chi connectivity index (χ4n) is 1.53. The van der Waals surface area contributed by atoms with Crippen molar-refractivity contribution < 1.29 is 9.59 Å². The molecule has 0 bridgehead atoms. The van der Waals surface area contributed by atoms with Gasteiger partial charge in [-0.3, -0.25) is 9.78 Å². The second-order valence-electron chi connectivity index (χ2n) is 3.73. The first-order chi connectivity index (χ1) is 9.16. The van der Waals surface area contributed by atoms with Gasteiger partial charge in [-0.05, 0) is 24.3 Å². The van der Waals surface area contributed by atoms with Gasteiger partial charge >= 0.3 is 6.03 Å². The average molecular weight is 256 g/mol. The minimum Gasteiger partial charge on any atom is -0.366 e. The quantitative estimate of drug-likeness (QED) is 0.781. The Kier molecular flexibility index (Phi) is 3.72. The summed E-state index contributed by atoms with van der Waals surface area (Å²) >= 11 is 0. The lowest BCUT2D eigenvalue weighted by atomic mass is 10.1. The number of anilines is 2. The molecular formula is C13H12N4O2. The van der Waals surface area contributed by atoms with Gasteiger partial charge in [-0.25, -0.2) is 4.79 Å². The van der Waals surface area contributed by atoms with Crippen LogP contribution in [-0.2, 0) is 0 Å². The highest BCUT2D eigenvalue weighted by Crippen LogP contribution is 2.14. The van der Waals surface area contributed by atoms with Crippen LogP contribution in [-0.4, -0.2) is 16.9 Å². The minimum absolute atomic E-state index is 0.254. The fourth-order valence-corrected chi connectivity index (χ4v) is 1.53. The van der Waals surface area contributed by atoms with Gasteiger partial charge in [-0.2, -0.15) is 0 Å². The number of carbonyl (C=O) groups is 2. The van der Waals surface area contributed by atoms with E-state index in [1.165, 1.54) is 6.20 Å². The van der Waals surface area contributed by atoms with Gasteiger partial charge in [0.1, 0.15) is 0 Å². The van der Waals surface area contributed by atoms with Gasteiger partial charge in [0.25, 0.3) is 5.91 Å². The Labute approximate surface area is 109 Å². The minimum atomic E-state index is -0.600. The number of primary amides is 1. The van der Waals surface area contributed by atoms with E-state index in [0.717, 1.165) is 0 Å². The van der Waals surface area contributed by atoms with E-state index < -0.39 is 11.9 Å². The first-order valence-electron chi connectivity index (χ1n) is 5.53. The van der Waals surface area contributed by atoms with Crippen molar-refractivity contribution in [3.05, 3.63) is 54.4 Å². The van der Waals surface area contributed by atoms with Crippen LogP contribution in [0.25, 0.3) is 0 Å². The second-order valence-corrected chi connectivity index (χ2v) is 3.73. The lowest BCUT2D eigenvalue weighted by molar-refractivity contribution is 0.100. The lowest BCUT2D eigenvalue weighted by Gasteiger charge is -2.09. The SMILES string of the molecule is NC(=O)c1ccccc1NC(=O)Nc1cccnc1. The highest BCUT2D eigenvalue weighted by atomic mass is 16.2. The Morgan fingerprint density at radius 2 is 1.84 bits per heavy atom. The van der Waals surface area contributed by atoms with Crippen LogP contribution in [0.4, 0.5) is 16.2 Å². The molecule has 19 heavy (non-hydrogen) atoms. The van der Waals surface area contributed by atoms with E-state index in [4.69, 9.17) is 5.73 Å². The monoisotopic (exact) mass is 256 g/mol. The van der Waals surface area contributed by atoms with Crippen molar-refractivity contribution in [2.24, 2.45) is 5.73 Å². The number of nitrogens with zero attached hydrogens (tertiary/aromatic N) is 1. The molecule has 0 saturated carbocycles. The van der Waals surface area contributed by atoms with Crippen LogP contribution in [0.5, 0.6) is 0 Å². The Morgan fingerprint density at radius 3 is 2.53 bits per heavy atom. The summed E-state index contributed by atoms with van der Waals surface area (Å²) in [4.78, 5) is 26.8. The number of hydrogen-bond acceptors (Lipinski definition) is 3. The number of carbonyl (C=O) groups excluding carboxylic acids is 2. The van der Waals surface area contributed by atoms with Crippen LogP contribution >= 0.6 is 0 Å². The molecule has 2 aromatic rings. The number of benzene rings is 1. The number of urea groups is 1. The molecule has 0 saturated heterocycles. The summed E-state index contributed by atoms with van der Waals surface area (Å²) in [5.41, 5.74) is 6.39.